The zero-order valence-electron chi connectivity index (χ0n) is 22.5. The van der Waals surface area contributed by atoms with E-state index in [1.807, 2.05) is 73.8 Å². The van der Waals surface area contributed by atoms with Crippen LogP contribution in [-0.2, 0) is 22.7 Å². The molecule has 0 radical (unpaired) electrons. The molecule has 4 amide bonds. The summed E-state index contributed by atoms with van der Waals surface area (Å²) in [6, 6.07) is 21.5. The number of urea groups is 1. The first-order chi connectivity index (χ1) is 18.9. The molecule has 0 fully saturated rings. The van der Waals surface area contributed by atoms with Crippen LogP contribution in [0.15, 0.2) is 76.5 Å². The maximum absolute atomic E-state index is 13.7. The van der Waals surface area contributed by atoms with Crippen molar-refractivity contribution in [2.75, 3.05) is 24.0 Å². The van der Waals surface area contributed by atoms with E-state index >= 15 is 0 Å². The second kappa shape index (κ2) is 13.6. The number of thioether (sulfide) groups is 2. The molecule has 3 aromatic rings. The topological polar surface area (TPSA) is 90.5 Å². The highest BCUT2D eigenvalue weighted by atomic mass is 32.2. The standard InChI is InChI=1S/C30H34N4O3S2/c1-4-7-28(35)33-25-19-39-27-16-23(38-3)14-15-26(27)34(29(25)36)18-20-10-12-21(13-11-20)24-9-6-5-8-22(24)17-32-30(37)31-2/h5-6,8-16,25H,4,7,17-19H2,1-3H3,(H,33,35)(H2,31,32,37)/t25-/m1/s1. The van der Waals surface area contributed by atoms with Crippen LogP contribution in [0.5, 0.6) is 0 Å². The fourth-order valence-corrected chi connectivity index (χ4v) is 6.09. The van der Waals surface area contributed by atoms with Crippen molar-refractivity contribution >= 4 is 47.1 Å². The molecule has 3 aromatic carbocycles. The van der Waals surface area contributed by atoms with E-state index in [-0.39, 0.29) is 17.8 Å². The first-order valence-corrected chi connectivity index (χ1v) is 15.2. The van der Waals surface area contributed by atoms with Crippen LogP contribution in [0.25, 0.3) is 11.1 Å². The number of benzene rings is 3. The van der Waals surface area contributed by atoms with E-state index in [1.54, 1.807) is 35.5 Å². The molecule has 9 heteroatoms. The molecule has 3 N–H and O–H groups in total. The van der Waals surface area contributed by atoms with E-state index in [9.17, 15) is 14.4 Å². The van der Waals surface area contributed by atoms with Crippen LogP contribution in [0.1, 0.15) is 30.9 Å². The number of fused-ring (bicyclic) bond motifs is 1. The molecule has 0 saturated carbocycles. The molecule has 0 spiro atoms. The lowest BCUT2D eigenvalue weighted by atomic mass is 9.98. The summed E-state index contributed by atoms with van der Waals surface area (Å²) in [5, 5.41) is 8.38. The summed E-state index contributed by atoms with van der Waals surface area (Å²) < 4.78 is 0. The van der Waals surface area contributed by atoms with Crippen molar-refractivity contribution in [2.24, 2.45) is 0 Å². The van der Waals surface area contributed by atoms with Gasteiger partial charge in [0.2, 0.25) is 5.91 Å². The van der Waals surface area contributed by atoms with E-state index in [0.717, 1.165) is 44.2 Å². The van der Waals surface area contributed by atoms with Gasteiger partial charge in [-0.05, 0) is 53.1 Å². The second-order valence-electron chi connectivity index (χ2n) is 9.23. The lowest BCUT2D eigenvalue weighted by Gasteiger charge is -2.26. The number of nitrogens with one attached hydrogen (secondary N) is 3. The van der Waals surface area contributed by atoms with E-state index in [4.69, 9.17) is 0 Å². The summed E-state index contributed by atoms with van der Waals surface area (Å²) in [6.07, 6.45) is 3.17. The van der Waals surface area contributed by atoms with Gasteiger partial charge in [-0.25, -0.2) is 4.79 Å². The third-order valence-electron chi connectivity index (χ3n) is 6.53. The lowest BCUT2D eigenvalue weighted by molar-refractivity contribution is -0.127. The summed E-state index contributed by atoms with van der Waals surface area (Å²) in [6.45, 7) is 2.76. The van der Waals surface area contributed by atoms with Gasteiger partial charge in [0.25, 0.3) is 5.91 Å². The second-order valence-corrected chi connectivity index (χ2v) is 11.2. The fraction of sp³-hybridized carbons (Fsp3) is 0.300. The van der Waals surface area contributed by atoms with Gasteiger partial charge in [0.15, 0.2) is 0 Å². The van der Waals surface area contributed by atoms with Crippen LogP contribution in [-0.4, -0.2) is 42.9 Å². The molecule has 39 heavy (non-hydrogen) atoms. The molecule has 1 aliphatic heterocycles. The van der Waals surface area contributed by atoms with Crippen molar-refractivity contribution in [3.05, 3.63) is 77.9 Å². The van der Waals surface area contributed by atoms with E-state index in [2.05, 4.69) is 22.0 Å². The van der Waals surface area contributed by atoms with Crippen molar-refractivity contribution in [3.63, 3.8) is 0 Å². The van der Waals surface area contributed by atoms with E-state index in [1.165, 1.54) is 0 Å². The Balaban J connectivity index is 1.59. The molecule has 0 aromatic heterocycles. The number of anilines is 1. The Bertz CT molecular complexity index is 1330. The zero-order chi connectivity index (χ0) is 27.8. The highest BCUT2D eigenvalue weighted by molar-refractivity contribution is 8.00. The van der Waals surface area contributed by atoms with Crippen LogP contribution >= 0.6 is 23.5 Å². The average Bonchev–Trinajstić information content (AvgIpc) is 3.08. The van der Waals surface area contributed by atoms with Gasteiger partial charge in [0, 0.05) is 35.6 Å². The van der Waals surface area contributed by atoms with Crippen molar-refractivity contribution in [1.29, 1.82) is 0 Å². The quantitative estimate of drug-likeness (QED) is 0.303. The van der Waals surface area contributed by atoms with Gasteiger partial charge in [-0.3, -0.25) is 9.59 Å². The summed E-state index contributed by atoms with van der Waals surface area (Å²) in [4.78, 5) is 41.8. The van der Waals surface area contributed by atoms with Gasteiger partial charge in [0.1, 0.15) is 6.04 Å². The normalized spacial score (nSPS) is 14.8. The third-order valence-corrected chi connectivity index (χ3v) is 8.39. The molecule has 0 bridgehead atoms. The monoisotopic (exact) mass is 562 g/mol. The van der Waals surface area contributed by atoms with Crippen LogP contribution in [0.3, 0.4) is 0 Å². The third kappa shape index (κ3) is 7.16. The fourth-order valence-electron chi connectivity index (χ4n) is 4.46. The van der Waals surface area contributed by atoms with Crippen molar-refractivity contribution < 1.29 is 14.4 Å². The maximum atomic E-state index is 13.7. The Hall–Kier alpha value is -3.43. The van der Waals surface area contributed by atoms with Gasteiger partial charge < -0.3 is 20.9 Å². The highest BCUT2D eigenvalue weighted by Crippen LogP contribution is 2.38. The Morgan fingerprint density at radius 1 is 1.08 bits per heavy atom. The average molecular weight is 563 g/mol. The van der Waals surface area contributed by atoms with Gasteiger partial charge in [-0.15, -0.1) is 23.5 Å². The minimum Gasteiger partial charge on any atom is -0.343 e. The summed E-state index contributed by atoms with van der Waals surface area (Å²) in [5.74, 6) is 0.300. The Kier molecular flexibility index (Phi) is 9.95. The Morgan fingerprint density at radius 2 is 1.85 bits per heavy atom. The minimum absolute atomic E-state index is 0.0962. The predicted octanol–water partition coefficient (Wildman–Crippen LogP) is 5.43. The molecule has 4 rings (SSSR count). The largest absolute Gasteiger partial charge is 0.343 e. The number of hydrogen-bond donors (Lipinski definition) is 3. The molecule has 0 unspecified atom stereocenters. The molecule has 0 saturated heterocycles. The van der Waals surface area contributed by atoms with Crippen LogP contribution in [0.4, 0.5) is 10.5 Å². The summed E-state index contributed by atoms with van der Waals surface area (Å²) >= 11 is 3.28. The molecular formula is C30H34N4O3S2. The number of rotatable bonds is 9. The minimum atomic E-state index is -0.585. The van der Waals surface area contributed by atoms with Crippen molar-refractivity contribution in [3.8, 4) is 11.1 Å². The molecule has 0 aliphatic carbocycles. The molecule has 1 aliphatic rings. The molecule has 1 atom stereocenters. The molecule has 204 valence electrons. The number of hydrogen-bond acceptors (Lipinski definition) is 5. The number of nitrogens with zero attached hydrogens (tertiary/aromatic N) is 1. The number of amides is 4. The van der Waals surface area contributed by atoms with Crippen LogP contribution in [0.2, 0.25) is 0 Å². The van der Waals surface area contributed by atoms with Crippen LogP contribution in [0, 0.1) is 0 Å². The Morgan fingerprint density at radius 3 is 2.56 bits per heavy atom. The smallest absolute Gasteiger partial charge is 0.314 e. The van der Waals surface area contributed by atoms with Crippen LogP contribution < -0.4 is 20.9 Å². The van der Waals surface area contributed by atoms with Gasteiger partial charge in [0.05, 0.1) is 12.2 Å². The molecule has 7 nitrogen and oxygen atoms in total. The van der Waals surface area contributed by atoms with E-state index < -0.39 is 6.04 Å². The van der Waals surface area contributed by atoms with Gasteiger partial charge in [-0.1, -0.05) is 55.5 Å². The number of carbonyl (C=O) groups excluding carboxylic acids is 3. The highest BCUT2D eigenvalue weighted by Gasteiger charge is 2.32. The Labute approximate surface area is 238 Å². The van der Waals surface area contributed by atoms with E-state index in [0.29, 0.717) is 25.3 Å². The summed E-state index contributed by atoms with van der Waals surface area (Å²) in [7, 11) is 1.59. The zero-order valence-corrected chi connectivity index (χ0v) is 24.1. The predicted molar refractivity (Wildman–Crippen MR) is 160 cm³/mol. The lowest BCUT2D eigenvalue weighted by Crippen LogP contribution is -2.49. The first kappa shape index (κ1) is 28.6. The van der Waals surface area contributed by atoms with Gasteiger partial charge >= 0.3 is 6.03 Å². The molecule has 1 heterocycles. The van der Waals surface area contributed by atoms with Gasteiger partial charge in [-0.2, -0.15) is 0 Å². The number of carbonyl (C=O) groups is 3. The first-order valence-electron chi connectivity index (χ1n) is 13.0. The summed E-state index contributed by atoms with van der Waals surface area (Å²) in [5.41, 5.74) is 4.93. The molecular weight excluding hydrogens is 528 g/mol. The maximum Gasteiger partial charge on any atom is 0.314 e. The SMILES string of the molecule is CCCC(=O)N[C@@H]1CSc2cc(SC)ccc2N(Cc2ccc(-c3ccccc3CNC(=O)NC)cc2)C1=O. The van der Waals surface area contributed by atoms with Crippen molar-refractivity contribution in [2.45, 2.75) is 48.7 Å². The van der Waals surface area contributed by atoms with Crippen molar-refractivity contribution in [1.82, 2.24) is 16.0 Å².